The predicted octanol–water partition coefficient (Wildman–Crippen LogP) is 4.95. The summed E-state index contributed by atoms with van der Waals surface area (Å²) < 4.78 is 0.0763. The van der Waals surface area contributed by atoms with E-state index >= 15 is 0 Å². The lowest BCUT2D eigenvalue weighted by atomic mass is 9.99. The van der Waals surface area contributed by atoms with Gasteiger partial charge in [0.05, 0.1) is 5.02 Å². The molecular weight excluding hydrogens is 307 g/mol. The topological polar surface area (TPSA) is 40.5 Å². The quantitative estimate of drug-likeness (QED) is 0.823. The molecule has 0 aromatic heterocycles. The highest BCUT2D eigenvalue weighted by molar-refractivity contribution is 6.59. The maximum atomic E-state index is 9.42. The van der Waals surface area contributed by atoms with Crippen LogP contribution in [0, 0.1) is 0 Å². The summed E-state index contributed by atoms with van der Waals surface area (Å²) in [6.45, 7) is 0. The molecule has 2 nitrogen and oxygen atoms in total. The van der Waals surface area contributed by atoms with Gasteiger partial charge in [-0.05, 0) is 35.4 Å². The zero-order valence-electron chi connectivity index (χ0n) is 9.57. The molecule has 0 aliphatic heterocycles. The molecule has 2 aromatic carbocycles. The van der Waals surface area contributed by atoms with E-state index in [1.165, 1.54) is 18.2 Å². The number of phenolic OH excluding ortho intramolecular Hbond substituents is 2. The number of hydrogen-bond donors (Lipinski definition) is 2. The normalized spacial score (nSPS) is 10.3. The first kappa shape index (κ1) is 14.1. The summed E-state index contributed by atoms with van der Waals surface area (Å²) in [6.07, 6.45) is 0. The van der Waals surface area contributed by atoms with E-state index in [-0.39, 0.29) is 21.0 Å². The monoisotopic (exact) mass is 314 g/mol. The van der Waals surface area contributed by atoms with Crippen LogP contribution in [0.3, 0.4) is 0 Å². The van der Waals surface area contributed by atoms with Crippen LogP contribution in [-0.4, -0.2) is 10.2 Å². The Morgan fingerprint density at radius 1 is 0.842 bits per heavy atom. The number of rotatable bonds is 2. The van der Waals surface area contributed by atoms with E-state index in [2.05, 4.69) is 0 Å². The van der Waals surface area contributed by atoms with Crippen LogP contribution >= 0.6 is 34.8 Å². The van der Waals surface area contributed by atoms with Gasteiger partial charge < -0.3 is 10.2 Å². The summed E-state index contributed by atoms with van der Waals surface area (Å²) in [4.78, 5) is 0. The summed E-state index contributed by atoms with van der Waals surface area (Å²) >= 11 is 17.7. The molecule has 0 fully saturated rings. The highest BCUT2D eigenvalue weighted by Crippen LogP contribution is 2.35. The van der Waals surface area contributed by atoms with Gasteiger partial charge >= 0.3 is 0 Å². The Hall–Kier alpha value is -1.35. The van der Waals surface area contributed by atoms with Crippen LogP contribution in [0.1, 0.15) is 11.1 Å². The van der Waals surface area contributed by atoms with E-state index in [0.29, 0.717) is 11.1 Å². The molecule has 0 aliphatic carbocycles. The zero-order valence-corrected chi connectivity index (χ0v) is 11.8. The summed E-state index contributed by atoms with van der Waals surface area (Å²) in [7, 11) is 0. The molecule has 0 amide bonds. The molecule has 0 bridgehead atoms. The second-order valence-corrected chi connectivity index (χ2v) is 5.21. The van der Waals surface area contributed by atoms with Crippen molar-refractivity contribution in [3.05, 3.63) is 63.1 Å². The minimum Gasteiger partial charge on any atom is -0.508 e. The molecule has 0 spiro atoms. The molecule has 0 saturated carbocycles. The van der Waals surface area contributed by atoms with Gasteiger partial charge in [-0.2, -0.15) is 0 Å². The van der Waals surface area contributed by atoms with Crippen molar-refractivity contribution in [2.24, 2.45) is 0 Å². The molecule has 0 radical (unpaired) electrons. The maximum Gasteiger partial charge on any atom is 0.134 e. The van der Waals surface area contributed by atoms with E-state index in [1.807, 2.05) is 0 Å². The molecule has 0 unspecified atom stereocenters. The Bertz CT molecular complexity index is 630. The third-order valence-corrected chi connectivity index (χ3v) is 3.26. The van der Waals surface area contributed by atoms with Gasteiger partial charge in [-0.3, -0.25) is 0 Å². The lowest BCUT2D eigenvalue weighted by Crippen LogP contribution is -1.89. The van der Waals surface area contributed by atoms with E-state index in [0.717, 1.165) is 5.56 Å². The number of phenols is 2. The van der Waals surface area contributed by atoms with Gasteiger partial charge in [-0.25, -0.2) is 0 Å². The Morgan fingerprint density at radius 3 is 1.95 bits per heavy atom. The second kappa shape index (κ2) is 5.74. The fourth-order valence-corrected chi connectivity index (χ4v) is 2.29. The molecule has 98 valence electrons. The molecule has 2 aromatic rings. The number of benzene rings is 2. The largest absolute Gasteiger partial charge is 0.508 e. The van der Waals surface area contributed by atoms with Crippen molar-refractivity contribution in [1.29, 1.82) is 0 Å². The molecule has 0 saturated heterocycles. The molecule has 2 N–H and O–H groups in total. The molecule has 0 heterocycles. The Balaban J connectivity index is 2.56. The third-order valence-electron chi connectivity index (χ3n) is 2.58. The summed E-state index contributed by atoms with van der Waals surface area (Å²) in [5, 5.41) is 18.9. The average molecular weight is 316 g/mol. The van der Waals surface area contributed by atoms with E-state index in [4.69, 9.17) is 34.8 Å². The number of halogens is 3. The number of aromatic hydroxyl groups is 2. The van der Waals surface area contributed by atoms with Crippen molar-refractivity contribution in [3.8, 4) is 11.5 Å². The average Bonchev–Trinajstić information content (AvgIpc) is 2.36. The van der Waals surface area contributed by atoms with Crippen molar-refractivity contribution in [3.63, 3.8) is 0 Å². The smallest absolute Gasteiger partial charge is 0.134 e. The van der Waals surface area contributed by atoms with Crippen LogP contribution < -0.4 is 0 Å². The molecular formula is C14H9Cl3O2. The van der Waals surface area contributed by atoms with Crippen LogP contribution in [0.2, 0.25) is 5.02 Å². The first-order valence-corrected chi connectivity index (χ1v) is 6.46. The highest BCUT2D eigenvalue weighted by Gasteiger charge is 2.11. The fourth-order valence-electron chi connectivity index (χ4n) is 1.68. The van der Waals surface area contributed by atoms with E-state index in [1.54, 1.807) is 24.3 Å². The van der Waals surface area contributed by atoms with Crippen molar-refractivity contribution in [1.82, 2.24) is 0 Å². The lowest BCUT2D eigenvalue weighted by molar-refractivity contribution is 0.475. The molecule has 0 atom stereocenters. The SMILES string of the molecule is Oc1ccc(C(=C(Cl)Cl)c2ccc(O)c(Cl)c2)cc1. The third kappa shape index (κ3) is 3.16. The van der Waals surface area contributed by atoms with Gasteiger partial charge in [0.15, 0.2) is 0 Å². The number of hydrogen-bond acceptors (Lipinski definition) is 2. The van der Waals surface area contributed by atoms with Gasteiger partial charge in [0.2, 0.25) is 0 Å². The summed E-state index contributed by atoms with van der Waals surface area (Å²) in [6, 6.07) is 11.2. The van der Waals surface area contributed by atoms with Crippen LogP contribution in [-0.2, 0) is 0 Å². The van der Waals surface area contributed by atoms with Gasteiger partial charge in [0.25, 0.3) is 0 Å². The second-order valence-electron chi connectivity index (χ2n) is 3.85. The van der Waals surface area contributed by atoms with Crippen molar-refractivity contribution < 1.29 is 10.2 Å². The van der Waals surface area contributed by atoms with Gasteiger partial charge in [-0.15, -0.1) is 0 Å². The van der Waals surface area contributed by atoms with Crippen LogP contribution in [0.4, 0.5) is 0 Å². The molecule has 2 rings (SSSR count). The van der Waals surface area contributed by atoms with Crippen molar-refractivity contribution >= 4 is 40.4 Å². The van der Waals surface area contributed by atoms with Crippen molar-refractivity contribution in [2.75, 3.05) is 0 Å². The van der Waals surface area contributed by atoms with Crippen LogP contribution in [0.5, 0.6) is 11.5 Å². The summed E-state index contributed by atoms with van der Waals surface area (Å²) in [5.41, 5.74) is 1.98. The van der Waals surface area contributed by atoms with Gasteiger partial charge in [-0.1, -0.05) is 53.0 Å². The lowest BCUT2D eigenvalue weighted by Gasteiger charge is -2.10. The fraction of sp³-hybridized carbons (Fsp3) is 0. The van der Waals surface area contributed by atoms with Crippen molar-refractivity contribution in [2.45, 2.75) is 0 Å². The Morgan fingerprint density at radius 2 is 1.42 bits per heavy atom. The minimum atomic E-state index is -0.0128. The van der Waals surface area contributed by atoms with Gasteiger partial charge in [0, 0.05) is 5.57 Å². The summed E-state index contributed by atoms with van der Waals surface area (Å²) in [5.74, 6) is 0.138. The molecule has 19 heavy (non-hydrogen) atoms. The standard InChI is InChI=1S/C14H9Cl3O2/c15-11-7-9(3-6-12(11)19)13(14(16)17)8-1-4-10(18)5-2-8/h1-7,18-19H. The molecule has 0 aliphatic rings. The van der Waals surface area contributed by atoms with E-state index < -0.39 is 0 Å². The van der Waals surface area contributed by atoms with E-state index in [9.17, 15) is 10.2 Å². The highest BCUT2D eigenvalue weighted by atomic mass is 35.5. The van der Waals surface area contributed by atoms with Crippen LogP contribution in [0.15, 0.2) is 47.0 Å². The van der Waals surface area contributed by atoms with Gasteiger partial charge in [0.1, 0.15) is 16.0 Å². The maximum absolute atomic E-state index is 9.42. The Labute approximate surface area is 125 Å². The Kier molecular flexibility index (Phi) is 4.25. The van der Waals surface area contributed by atoms with Crippen LogP contribution in [0.25, 0.3) is 5.57 Å². The first-order chi connectivity index (χ1) is 8.99. The molecule has 5 heteroatoms. The predicted molar refractivity (Wildman–Crippen MR) is 79.0 cm³/mol. The minimum absolute atomic E-state index is 0.0128. The zero-order chi connectivity index (χ0) is 14.0. The first-order valence-electron chi connectivity index (χ1n) is 5.32.